The van der Waals surface area contributed by atoms with E-state index in [4.69, 9.17) is 0 Å². The van der Waals surface area contributed by atoms with Gasteiger partial charge in [-0.3, -0.25) is 4.79 Å². The lowest BCUT2D eigenvalue weighted by molar-refractivity contribution is -0.127. The second kappa shape index (κ2) is 3.32. The second-order valence-electron chi connectivity index (χ2n) is 7.24. The van der Waals surface area contributed by atoms with Crippen molar-refractivity contribution in [2.75, 3.05) is 0 Å². The zero-order chi connectivity index (χ0) is 15.3. The van der Waals surface area contributed by atoms with E-state index in [-0.39, 0.29) is 5.78 Å². The Morgan fingerprint density at radius 2 is 1.76 bits per heavy atom. The quantitative estimate of drug-likeness (QED) is 0.749. The predicted octanol–water partition coefficient (Wildman–Crippen LogP) is 2.62. The fourth-order valence-electron chi connectivity index (χ4n) is 4.83. The highest BCUT2D eigenvalue weighted by molar-refractivity contribution is 8.02. The van der Waals surface area contributed by atoms with E-state index in [2.05, 4.69) is 0 Å². The van der Waals surface area contributed by atoms with Crippen molar-refractivity contribution in [1.82, 2.24) is 0 Å². The molecule has 0 amide bonds. The van der Waals surface area contributed by atoms with Gasteiger partial charge in [0.1, 0.15) is 10.00 Å². The molecule has 1 heterocycles. The summed E-state index contributed by atoms with van der Waals surface area (Å²) >= 11 is 0. The molecule has 0 N–H and O–H groups in total. The summed E-state index contributed by atoms with van der Waals surface area (Å²) in [6.07, 6.45) is 2.54. The summed E-state index contributed by atoms with van der Waals surface area (Å²) in [4.78, 5) is 12.5. The first-order valence-corrected chi connectivity index (χ1v) is 8.80. The van der Waals surface area contributed by atoms with Crippen molar-refractivity contribution >= 4 is 21.7 Å². The van der Waals surface area contributed by atoms with E-state index in [1.807, 2.05) is 57.2 Å². The molecule has 110 valence electrons. The van der Waals surface area contributed by atoms with Crippen LogP contribution in [0.4, 0.5) is 0 Å². The number of carbonyl (C=O) groups excluding carboxylic acids is 1. The molecule has 3 atom stereocenters. The third-order valence-electron chi connectivity index (χ3n) is 6.32. The first-order valence-electron chi connectivity index (χ1n) is 7.25. The Kier molecular flexibility index (Phi) is 2.10. The van der Waals surface area contributed by atoms with Crippen molar-refractivity contribution < 1.29 is 13.2 Å². The van der Waals surface area contributed by atoms with Crippen LogP contribution < -0.4 is 0 Å². The Bertz CT molecular complexity index is 804. The highest BCUT2D eigenvalue weighted by Crippen LogP contribution is 2.80. The van der Waals surface area contributed by atoms with Crippen LogP contribution in [0.2, 0.25) is 0 Å². The molecule has 2 aliphatic carbocycles. The average Bonchev–Trinajstić information content (AvgIpc) is 2.84. The molecule has 1 spiro atoms. The van der Waals surface area contributed by atoms with Gasteiger partial charge in [-0.15, -0.1) is 0 Å². The lowest BCUT2D eigenvalue weighted by Gasteiger charge is -2.34. The molecule has 3 nitrogen and oxygen atoms in total. The second-order valence-corrected chi connectivity index (χ2v) is 9.44. The van der Waals surface area contributed by atoms with E-state index in [0.717, 1.165) is 11.1 Å². The molecule has 21 heavy (non-hydrogen) atoms. The Morgan fingerprint density at radius 3 is 2.33 bits per heavy atom. The van der Waals surface area contributed by atoms with E-state index < -0.39 is 30.7 Å². The van der Waals surface area contributed by atoms with Gasteiger partial charge < -0.3 is 0 Å². The maximum atomic E-state index is 12.6. The lowest BCUT2D eigenvalue weighted by atomic mass is 9.70. The van der Waals surface area contributed by atoms with Gasteiger partial charge in [0.15, 0.2) is 15.6 Å². The van der Waals surface area contributed by atoms with Gasteiger partial charge in [-0.2, -0.15) is 0 Å². The summed E-state index contributed by atoms with van der Waals surface area (Å²) in [5.74, 6) is -0.0716. The summed E-state index contributed by atoms with van der Waals surface area (Å²) in [5.41, 5.74) is 0.845. The van der Waals surface area contributed by atoms with Crippen LogP contribution in [0.3, 0.4) is 0 Å². The van der Waals surface area contributed by atoms with Crippen LogP contribution >= 0.6 is 0 Å². The van der Waals surface area contributed by atoms with Gasteiger partial charge in [-0.1, -0.05) is 57.2 Å². The molecule has 2 saturated carbocycles. The monoisotopic (exact) mass is 302 g/mol. The van der Waals surface area contributed by atoms with Crippen molar-refractivity contribution in [1.29, 1.82) is 0 Å². The topological polar surface area (TPSA) is 51.2 Å². The van der Waals surface area contributed by atoms with Crippen molar-refractivity contribution in [2.24, 2.45) is 10.8 Å². The first-order chi connectivity index (χ1) is 9.71. The number of rotatable bonds is 1. The lowest BCUT2D eigenvalue weighted by Crippen LogP contribution is -2.39. The van der Waals surface area contributed by atoms with Crippen LogP contribution in [0.15, 0.2) is 35.9 Å². The Morgan fingerprint density at radius 1 is 1.14 bits per heavy atom. The number of ketones is 1. The molecule has 1 aromatic carbocycles. The van der Waals surface area contributed by atoms with Crippen LogP contribution in [0.1, 0.15) is 32.8 Å². The Labute approximate surface area is 125 Å². The highest BCUT2D eigenvalue weighted by atomic mass is 32.2. The minimum atomic E-state index is -3.35. The maximum absolute atomic E-state index is 12.6. The molecule has 2 bridgehead atoms. The van der Waals surface area contributed by atoms with E-state index in [1.165, 1.54) is 0 Å². The molecule has 0 aromatic heterocycles. The minimum Gasteiger partial charge on any atom is -0.298 e. The molecule has 1 saturated heterocycles. The smallest absolute Gasteiger partial charge is 0.174 e. The molecule has 1 aromatic rings. The first kappa shape index (κ1) is 13.3. The number of carbonyl (C=O) groups is 1. The standard InChI is InChI=1S/C17H18O3S/c1-15(2)16(3)10-12(9-11-7-5-4-6-8-11)17(15)14(13(16)18)21(17,19)20/h4-9,14H,10H2,1-3H3/b12-9+. The molecule has 3 aliphatic rings. The van der Waals surface area contributed by atoms with Crippen LogP contribution in [-0.2, 0) is 14.6 Å². The maximum Gasteiger partial charge on any atom is 0.174 e. The largest absolute Gasteiger partial charge is 0.298 e. The van der Waals surface area contributed by atoms with Crippen molar-refractivity contribution in [3.8, 4) is 0 Å². The van der Waals surface area contributed by atoms with Gasteiger partial charge in [-0.05, 0) is 17.6 Å². The van der Waals surface area contributed by atoms with Gasteiger partial charge in [0.25, 0.3) is 0 Å². The fourth-order valence-corrected chi connectivity index (χ4v) is 8.27. The minimum absolute atomic E-state index is 0.0716. The Balaban J connectivity index is 1.96. The highest BCUT2D eigenvalue weighted by Gasteiger charge is 2.94. The third kappa shape index (κ3) is 1.09. The average molecular weight is 302 g/mol. The molecule has 4 heteroatoms. The number of benzene rings is 1. The normalized spacial score (nSPS) is 43.1. The summed E-state index contributed by atoms with van der Waals surface area (Å²) in [5, 5.41) is -0.797. The van der Waals surface area contributed by atoms with E-state index >= 15 is 0 Å². The number of sulfone groups is 1. The molecule has 3 unspecified atom stereocenters. The van der Waals surface area contributed by atoms with Gasteiger partial charge in [-0.25, -0.2) is 8.42 Å². The summed E-state index contributed by atoms with van der Waals surface area (Å²) in [6.45, 7) is 5.83. The molecule has 4 rings (SSSR count). The zero-order valence-electron chi connectivity index (χ0n) is 12.4. The number of fused-ring (bicyclic) bond motifs is 1. The number of hydrogen-bond donors (Lipinski definition) is 0. The van der Waals surface area contributed by atoms with Crippen LogP contribution in [0, 0.1) is 10.8 Å². The van der Waals surface area contributed by atoms with E-state index in [0.29, 0.717) is 6.42 Å². The fraction of sp³-hybridized carbons (Fsp3) is 0.471. The summed E-state index contributed by atoms with van der Waals surface area (Å²) in [6, 6.07) is 9.75. The van der Waals surface area contributed by atoms with Crippen LogP contribution in [-0.4, -0.2) is 24.2 Å². The van der Waals surface area contributed by atoms with E-state index in [1.54, 1.807) is 0 Å². The third-order valence-corrected chi connectivity index (χ3v) is 9.16. The van der Waals surface area contributed by atoms with E-state index in [9.17, 15) is 13.2 Å². The summed E-state index contributed by atoms with van der Waals surface area (Å²) < 4.78 is 24.2. The SMILES string of the molecule is CC12C/C(=C\c3ccccc3)C3(C(C1=O)S3(=O)=O)C2(C)C. The molecular weight excluding hydrogens is 284 g/mol. The van der Waals surface area contributed by atoms with Crippen molar-refractivity contribution in [3.05, 3.63) is 41.5 Å². The molecule has 1 aliphatic heterocycles. The summed E-state index contributed by atoms with van der Waals surface area (Å²) in [7, 11) is -3.35. The Hall–Kier alpha value is -1.42. The van der Waals surface area contributed by atoms with Gasteiger partial charge >= 0.3 is 0 Å². The van der Waals surface area contributed by atoms with Crippen molar-refractivity contribution in [2.45, 2.75) is 37.2 Å². The number of hydrogen-bond acceptors (Lipinski definition) is 3. The number of Topliss-reactive ketones (excluding diaryl/α,β-unsaturated/α-hetero) is 1. The van der Waals surface area contributed by atoms with Gasteiger partial charge in [0.2, 0.25) is 0 Å². The van der Waals surface area contributed by atoms with Crippen LogP contribution in [0.25, 0.3) is 6.08 Å². The van der Waals surface area contributed by atoms with Gasteiger partial charge in [0, 0.05) is 10.8 Å². The molecule has 3 fully saturated rings. The molecule has 0 radical (unpaired) electrons. The zero-order valence-corrected chi connectivity index (χ0v) is 13.2. The molecular formula is C17H18O3S. The van der Waals surface area contributed by atoms with Crippen molar-refractivity contribution in [3.63, 3.8) is 0 Å². The van der Waals surface area contributed by atoms with Gasteiger partial charge in [0.05, 0.1) is 0 Å². The predicted molar refractivity (Wildman–Crippen MR) is 81.4 cm³/mol. The van der Waals surface area contributed by atoms with Crippen LogP contribution in [0.5, 0.6) is 0 Å².